The lowest BCUT2D eigenvalue weighted by molar-refractivity contribution is 0.103. The summed E-state index contributed by atoms with van der Waals surface area (Å²) < 4.78 is 12.5. The summed E-state index contributed by atoms with van der Waals surface area (Å²) in [5.41, 5.74) is 2.92. The minimum atomic E-state index is -0.253. The Labute approximate surface area is 240 Å². The van der Waals surface area contributed by atoms with Gasteiger partial charge in [0.15, 0.2) is 0 Å². The van der Waals surface area contributed by atoms with Gasteiger partial charge < -0.3 is 19.9 Å². The number of fused-ring (bicyclic) bond motifs is 1. The predicted octanol–water partition coefficient (Wildman–Crippen LogP) is 8.59. The van der Waals surface area contributed by atoms with Gasteiger partial charge in [-0.3, -0.25) is 4.79 Å². The van der Waals surface area contributed by atoms with Crippen LogP contribution in [0.5, 0.6) is 17.2 Å². The Morgan fingerprint density at radius 2 is 1.42 bits per heavy atom. The number of halogens is 2. The third-order valence-electron chi connectivity index (χ3n) is 5.97. The van der Waals surface area contributed by atoms with Gasteiger partial charge in [0, 0.05) is 10.2 Å². The number of carbonyl (C=O) groups is 1. The lowest BCUT2D eigenvalue weighted by Gasteiger charge is -2.22. The number of anilines is 1. The maximum atomic E-state index is 13.5. The quantitative estimate of drug-likeness (QED) is 0.205. The molecule has 198 valence electrons. The molecule has 0 unspecified atom stereocenters. The van der Waals surface area contributed by atoms with Crippen LogP contribution in [-0.2, 0) is 0 Å². The molecule has 6 nitrogen and oxygen atoms in total. The highest BCUT2D eigenvalue weighted by Crippen LogP contribution is 2.40. The van der Waals surface area contributed by atoms with Crippen molar-refractivity contribution in [3.8, 4) is 17.2 Å². The molecule has 38 heavy (non-hydrogen) atoms. The third-order valence-corrected chi connectivity index (χ3v) is 7.20. The van der Waals surface area contributed by atoms with Crippen molar-refractivity contribution in [3.63, 3.8) is 0 Å². The van der Waals surface area contributed by atoms with Crippen molar-refractivity contribution in [2.45, 2.75) is 39.5 Å². The first kappa shape index (κ1) is 27.9. The fourth-order valence-electron chi connectivity index (χ4n) is 3.89. The van der Waals surface area contributed by atoms with E-state index in [0.29, 0.717) is 50.4 Å². The number of phenols is 1. The van der Waals surface area contributed by atoms with E-state index < -0.39 is 0 Å². The van der Waals surface area contributed by atoms with Gasteiger partial charge in [0.05, 0.1) is 45.9 Å². The Balaban J connectivity index is 1.66. The standard InChI is InChI=1S/C30H30Br2N2O4/c1-3-5-15-37-21-11-7-19(8-12-21)33-25-18-26(30(36)27-23(31)17-24(32)29(35)28(25)27)34-20-9-13-22(14-10-20)38-16-6-4-2/h7-14,17-18,34-35H,3-6,15-16H2,1-2H3. The number of ketones is 1. The number of unbranched alkanes of at least 4 members (excludes halogenated alkanes) is 2. The molecule has 0 saturated heterocycles. The molecule has 0 fully saturated rings. The van der Waals surface area contributed by atoms with Crippen molar-refractivity contribution in [1.82, 2.24) is 0 Å². The van der Waals surface area contributed by atoms with E-state index in [1.165, 1.54) is 0 Å². The number of allylic oxidation sites excluding steroid dienone is 2. The van der Waals surface area contributed by atoms with E-state index in [1.54, 1.807) is 12.1 Å². The first-order valence-electron chi connectivity index (χ1n) is 12.7. The number of aliphatic imine (C=N–C) groups is 1. The SMILES string of the molecule is CCCCOc1ccc(N=C2C=C(Nc3ccc(OCCCC)cc3)C(=O)c3c(Br)cc(Br)c(O)c32)cc1. The Morgan fingerprint density at radius 1 is 0.842 bits per heavy atom. The number of aromatic hydroxyl groups is 1. The number of hydrogen-bond acceptors (Lipinski definition) is 6. The number of carbonyl (C=O) groups excluding carboxylic acids is 1. The highest BCUT2D eigenvalue weighted by atomic mass is 79.9. The van der Waals surface area contributed by atoms with Gasteiger partial charge in [-0.05, 0) is 105 Å². The van der Waals surface area contributed by atoms with Crippen LogP contribution in [0.4, 0.5) is 11.4 Å². The highest BCUT2D eigenvalue weighted by Gasteiger charge is 2.31. The maximum absolute atomic E-state index is 13.5. The summed E-state index contributed by atoms with van der Waals surface area (Å²) in [5, 5.41) is 14.1. The van der Waals surface area contributed by atoms with Crippen molar-refractivity contribution in [2.75, 3.05) is 18.5 Å². The molecule has 2 N–H and O–H groups in total. The number of Topliss-reactive ketones (excluding diaryl/α,β-unsaturated/α-hetero) is 1. The topological polar surface area (TPSA) is 80.1 Å². The summed E-state index contributed by atoms with van der Waals surface area (Å²) in [6.07, 6.45) is 5.79. The number of benzene rings is 3. The zero-order valence-corrected chi connectivity index (χ0v) is 24.6. The number of nitrogens with one attached hydrogen (secondary N) is 1. The van der Waals surface area contributed by atoms with Gasteiger partial charge >= 0.3 is 0 Å². The molecule has 0 amide bonds. The Hall–Kier alpha value is -3.10. The van der Waals surface area contributed by atoms with Crippen molar-refractivity contribution < 1.29 is 19.4 Å². The molecule has 4 rings (SSSR count). The second-order valence-corrected chi connectivity index (χ2v) is 10.6. The average molecular weight is 642 g/mol. The molecular weight excluding hydrogens is 612 g/mol. The smallest absolute Gasteiger partial charge is 0.211 e. The van der Waals surface area contributed by atoms with Crippen LogP contribution in [0, 0.1) is 0 Å². The van der Waals surface area contributed by atoms with Crippen LogP contribution in [0.15, 0.2) is 80.3 Å². The molecule has 0 aromatic heterocycles. The number of phenolic OH excluding ortho intramolecular Hbond substituents is 1. The van der Waals surface area contributed by atoms with Gasteiger partial charge in [-0.15, -0.1) is 0 Å². The molecule has 0 spiro atoms. The van der Waals surface area contributed by atoms with Crippen LogP contribution < -0.4 is 14.8 Å². The molecule has 0 radical (unpaired) electrons. The molecule has 3 aromatic carbocycles. The van der Waals surface area contributed by atoms with Gasteiger partial charge in [0.2, 0.25) is 5.78 Å². The fourth-order valence-corrected chi connectivity index (χ4v) is 5.23. The van der Waals surface area contributed by atoms with E-state index in [-0.39, 0.29) is 11.5 Å². The number of nitrogens with zero attached hydrogens (tertiary/aromatic N) is 1. The van der Waals surface area contributed by atoms with Crippen LogP contribution in [-0.4, -0.2) is 29.8 Å². The van der Waals surface area contributed by atoms with E-state index in [0.717, 1.165) is 42.9 Å². The highest BCUT2D eigenvalue weighted by molar-refractivity contribution is 9.11. The first-order valence-corrected chi connectivity index (χ1v) is 14.3. The minimum absolute atomic E-state index is 0.0429. The van der Waals surface area contributed by atoms with Crippen molar-refractivity contribution in [1.29, 1.82) is 0 Å². The molecule has 0 bridgehead atoms. The minimum Gasteiger partial charge on any atom is -0.506 e. The zero-order valence-electron chi connectivity index (χ0n) is 21.4. The third kappa shape index (κ3) is 6.66. The van der Waals surface area contributed by atoms with Gasteiger partial charge in [0.25, 0.3) is 0 Å². The number of rotatable bonds is 11. The van der Waals surface area contributed by atoms with Crippen LogP contribution in [0.25, 0.3) is 0 Å². The summed E-state index contributed by atoms with van der Waals surface area (Å²) in [4.78, 5) is 18.3. The molecule has 0 atom stereocenters. The Morgan fingerprint density at radius 3 is 2.00 bits per heavy atom. The number of hydrogen-bond donors (Lipinski definition) is 2. The fraction of sp³-hybridized carbons (Fsp3) is 0.267. The van der Waals surface area contributed by atoms with Crippen LogP contribution in [0.3, 0.4) is 0 Å². The summed E-state index contributed by atoms with van der Waals surface area (Å²) in [5.74, 6) is 1.26. The monoisotopic (exact) mass is 640 g/mol. The molecule has 0 heterocycles. The zero-order chi connectivity index (χ0) is 27.1. The molecular formula is C30H30Br2N2O4. The summed E-state index contributed by atoms with van der Waals surface area (Å²) in [7, 11) is 0. The normalized spacial score (nSPS) is 13.7. The lowest BCUT2D eigenvalue weighted by Crippen LogP contribution is -2.23. The number of ether oxygens (including phenoxy) is 2. The maximum Gasteiger partial charge on any atom is 0.211 e. The van der Waals surface area contributed by atoms with Crippen LogP contribution >= 0.6 is 31.9 Å². The second kappa shape index (κ2) is 13.1. The van der Waals surface area contributed by atoms with E-state index in [2.05, 4.69) is 51.0 Å². The molecule has 1 aliphatic rings. The summed E-state index contributed by atoms with van der Waals surface area (Å²) in [6, 6.07) is 16.6. The predicted molar refractivity (Wildman–Crippen MR) is 159 cm³/mol. The second-order valence-electron chi connectivity index (χ2n) is 8.87. The van der Waals surface area contributed by atoms with Crippen molar-refractivity contribution >= 4 is 54.7 Å². The van der Waals surface area contributed by atoms with E-state index in [9.17, 15) is 9.90 Å². The van der Waals surface area contributed by atoms with Gasteiger partial charge in [-0.1, -0.05) is 26.7 Å². The molecule has 0 aliphatic heterocycles. The summed E-state index contributed by atoms with van der Waals surface area (Å²) in [6.45, 7) is 5.58. The molecule has 8 heteroatoms. The molecule has 0 saturated carbocycles. The Kier molecular flexibility index (Phi) is 9.63. The Bertz CT molecular complexity index is 1350. The van der Waals surface area contributed by atoms with Crippen molar-refractivity contribution in [3.05, 3.63) is 86.4 Å². The average Bonchev–Trinajstić information content (AvgIpc) is 2.91. The first-order chi connectivity index (χ1) is 18.4. The lowest BCUT2D eigenvalue weighted by atomic mass is 9.91. The van der Waals surface area contributed by atoms with E-state index in [1.807, 2.05) is 48.5 Å². The van der Waals surface area contributed by atoms with Crippen LogP contribution in [0.2, 0.25) is 0 Å². The van der Waals surface area contributed by atoms with Crippen molar-refractivity contribution in [2.24, 2.45) is 4.99 Å². The summed E-state index contributed by atoms with van der Waals surface area (Å²) >= 11 is 6.89. The van der Waals surface area contributed by atoms with Gasteiger partial charge in [-0.2, -0.15) is 0 Å². The molecule has 3 aromatic rings. The van der Waals surface area contributed by atoms with Gasteiger partial charge in [-0.25, -0.2) is 4.99 Å². The largest absolute Gasteiger partial charge is 0.506 e. The van der Waals surface area contributed by atoms with Gasteiger partial charge in [0.1, 0.15) is 17.2 Å². The van der Waals surface area contributed by atoms with E-state index in [4.69, 9.17) is 14.5 Å². The van der Waals surface area contributed by atoms with Crippen LogP contribution in [0.1, 0.15) is 55.5 Å². The molecule has 1 aliphatic carbocycles. The van der Waals surface area contributed by atoms with E-state index >= 15 is 0 Å².